The molecule has 3 aromatic carbocycles. The van der Waals surface area contributed by atoms with Gasteiger partial charge in [0.05, 0.1) is 112 Å². The van der Waals surface area contributed by atoms with Crippen molar-refractivity contribution in [1.29, 1.82) is 0 Å². The highest BCUT2D eigenvalue weighted by atomic mass is 28.5. The van der Waals surface area contributed by atoms with Crippen LogP contribution < -0.4 is 28.4 Å². The molecule has 0 saturated heterocycles. The first kappa shape index (κ1) is 77.8. The maximum atomic E-state index is 6.76. The van der Waals surface area contributed by atoms with Crippen molar-refractivity contribution in [3.8, 4) is 34.5 Å². The molecule has 4 unspecified atom stereocenters. The molecule has 19 nitrogen and oxygen atoms in total. The van der Waals surface area contributed by atoms with Gasteiger partial charge in [-0.2, -0.15) is 0 Å². The molecule has 0 fully saturated rings. The summed E-state index contributed by atoms with van der Waals surface area (Å²) in [6.07, 6.45) is 7.46. The highest BCUT2D eigenvalue weighted by Crippen LogP contribution is 2.33. The van der Waals surface area contributed by atoms with Gasteiger partial charge in [-0.05, 0) is 163 Å². The zero-order chi connectivity index (χ0) is 64.0. The highest BCUT2D eigenvalue weighted by Gasteiger charge is 2.38. The number of aryl methyl sites for hydroxylation is 2. The average molecular weight is 1300 g/mol. The molecule has 0 bridgehead atoms. The van der Waals surface area contributed by atoms with Gasteiger partial charge in [0.15, 0.2) is 57.9 Å². The third-order valence-corrected chi connectivity index (χ3v) is 27.1. The van der Waals surface area contributed by atoms with Gasteiger partial charge < -0.3 is 87.8 Å². The molecule has 0 amide bonds. The van der Waals surface area contributed by atoms with Gasteiger partial charge in [-0.25, -0.2) is 0 Å². The minimum Gasteiger partial charge on any atom is -0.493 e. The van der Waals surface area contributed by atoms with Crippen molar-refractivity contribution in [1.82, 2.24) is 0 Å². The molecule has 0 heterocycles. The van der Waals surface area contributed by atoms with Gasteiger partial charge in [-0.3, -0.25) is 0 Å². The van der Waals surface area contributed by atoms with E-state index in [2.05, 4.69) is 78.4 Å². The normalized spacial score (nSPS) is 13.7. The van der Waals surface area contributed by atoms with E-state index in [9.17, 15) is 0 Å². The topological polar surface area (TPSA) is 175 Å². The van der Waals surface area contributed by atoms with Crippen molar-refractivity contribution in [2.24, 2.45) is 0 Å². The van der Waals surface area contributed by atoms with Crippen molar-refractivity contribution in [2.45, 2.75) is 154 Å². The number of hydrogen-bond donors (Lipinski definition) is 0. The minimum absolute atomic E-state index is 0.0462. The van der Waals surface area contributed by atoms with E-state index in [1.165, 1.54) is 5.56 Å². The smallest absolute Gasteiger partial charge is 0.493 e. The average Bonchev–Trinajstić information content (AvgIpc) is 3.53. The molecule has 23 heteroatoms. The molecule has 0 saturated carbocycles. The van der Waals surface area contributed by atoms with Crippen LogP contribution in [0.1, 0.15) is 69.1 Å². The maximum absolute atomic E-state index is 6.76. The quantitative estimate of drug-likeness (QED) is 0.0226. The van der Waals surface area contributed by atoms with Crippen molar-refractivity contribution >= 4 is 34.0 Å². The third kappa shape index (κ3) is 32.9. The second-order valence-corrected chi connectivity index (χ2v) is 39.1. The summed E-state index contributed by atoms with van der Waals surface area (Å²) >= 11 is 0. The molecule has 0 aliphatic heterocycles. The predicted molar refractivity (Wildman–Crippen MR) is 351 cm³/mol. The Kier molecular flexibility index (Phi) is 38.7. The van der Waals surface area contributed by atoms with E-state index in [0.29, 0.717) is 139 Å². The molecule has 0 N–H and O–H groups in total. The van der Waals surface area contributed by atoms with E-state index < -0.39 is 34.0 Å². The van der Waals surface area contributed by atoms with Gasteiger partial charge in [0.1, 0.15) is 13.2 Å². The zero-order valence-electron chi connectivity index (χ0n) is 56.0. The zero-order valence-corrected chi connectivity index (χ0v) is 60.0. The van der Waals surface area contributed by atoms with E-state index in [0.717, 1.165) is 55.7 Å². The van der Waals surface area contributed by atoms with Crippen molar-refractivity contribution in [3.63, 3.8) is 0 Å². The van der Waals surface area contributed by atoms with E-state index in [4.69, 9.17) is 87.8 Å². The van der Waals surface area contributed by atoms with Crippen LogP contribution in [0.5, 0.6) is 34.5 Å². The van der Waals surface area contributed by atoms with Gasteiger partial charge in [-0.1, -0.05) is 31.2 Å². The molecule has 0 aliphatic carbocycles. The number of methoxy groups -OCH3 is 4. The Balaban J connectivity index is 1.75. The van der Waals surface area contributed by atoms with Crippen LogP contribution in [0.25, 0.3) is 0 Å². The van der Waals surface area contributed by atoms with E-state index in [1.807, 2.05) is 48.5 Å². The monoisotopic (exact) mass is 1300 g/mol. The first-order valence-electron chi connectivity index (χ1n) is 30.9. The van der Waals surface area contributed by atoms with Crippen LogP contribution in [-0.2, 0) is 78.7 Å². The molecule has 3 rings (SSSR count). The maximum Gasteiger partial charge on any atom is 0.500 e. The molecule has 0 aliphatic rings. The summed E-state index contributed by atoms with van der Waals surface area (Å²) in [5.41, 5.74) is 3.36. The van der Waals surface area contributed by atoms with Crippen LogP contribution in [0.15, 0.2) is 67.3 Å². The van der Waals surface area contributed by atoms with E-state index in [-0.39, 0.29) is 31.2 Å². The van der Waals surface area contributed by atoms with Gasteiger partial charge >= 0.3 is 17.4 Å². The lowest BCUT2D eigenvalue weighted by atomic mass is 10.0. The van der Waals surface area contributed by atoms with Crippen LogP contribution in [0, 0.1) is 0 Å². The third-order valence-electron chi connectivity index (χ3n) is 14.1. The first-order valence-corrected chi connectivity index (χ1v) is 42.2. The Hall–Kier alpha value is -3.45. The summed E-state index contributed by atoms with van der Waals surface area (Å²) in [5.74, 6) is 3.83. The lowest BCUT2D eigenvalue weighted by molar-refractivity contribution is -0.100. The number of hydrogen-bond acceptors (Lipinski definition) is 19. The molecular formula is C64H112O19Si4. The lowest BCUT2D eigenvalue weighted by Crippen LogP contribution is -2.51. The molecule has 4 atom stereocenters. The Morgan fingerprint density at radius 1 is 0.460 bits per heavy atom. The standard InChI is InChI=1S/C64H112O19Si4/c1-18-22-53-25-28-59(62(46-53)66-5)79-42-40-76-56(19-2)49-58(80-51-81-61-30-27-55(48-64(61)68-7)24-21-44-87(69-8,70-9)71-10)50-57(77-38-37-74-36-35-73-34-33-72-32-31-65-4)45-52(3)75-39-41-78-60-29-26-54(47-63(60)67-6)23-20-43-85(14,15)83-86(16,17)82-84(11,12)13/h18,25-30,46-48,52,56-58H,1,19-24,31-45,49-51H2,2-17H3. The summed E-state index contributed by atoms with van der Waals surface area (Å²) < 4.78 is 115. The molecule has 498 valence electrons. The predicted octanol–water partition coefficient (Wildman–Crippen LogP) is 12.3. The molecule has 0 aromatic heterocycles. The van der Waals surface area contributed by atoms with Gasteiger partial charge in [0.2, 0.25) is 0 Å². The Bertz CT molecular complexity index is 2280. The number of allylic oxidation sites excluding steroid dienone is 1. The summed E-state index contributed by atoms with van der Waals surface area (Å²) in [6, 6.07) is 19.7. The van der Waals surface area contributed by atoms with Crippen LogP contribution >= 0.6 is 0 Å². The summed E-state index contributed by atoms with van der Waals surface area (Å²) in [4.78, 5) is 0. The second kappa shape index (κ2) is 43.3. The summed E-state index contributed by atoms with van der Waals surface area (Å²) in [7, 11) is 2.96. The van der Waals surface area contributed by atoms with Gasteiger partial charge in [0.25, 0.3) is 0 Å². The fourth-order valence-electron chi connectivity index (χ4n) is 10.1. The van der Waals surface area contributed by atoms with Crippen molar-refractivity contribution in [3.05, 3.63) is 83.9 Å². The van der Waals surface area contributed by atoms with Crippen LogP contribution in [0.4, 0.5) is 0 Å². The first-order chi connectivity index (χ1) is 41.7. The van der Waals surface area contributed by atoms with Gasteiger partial charge in [-0.15, -0.1) is 6.58 Å². The van der Waals surface area contributed by atoms with E-state index >= 15 is 0 Å². The fraction of sp³-hybridized carbons (Fsp3) is 0.688. The van der Waals surface area contributed by atoms with Crippen LogP contribution in [-0.4, -0.2) is 194 Å². The molecule has 0 spiro atoms. The number of rotatable bonds is 54. The fourth-order valence-corrected chi connectivity index (χ4v) is 25.0. The molecule has 0 radical (unpaired) electrons. The largest absolute Gasteiger partial charge is 0.500 e. The number of ether oxygens (including phenoxy) is 14. The summed E-state index contributed by atoms with van der Waals surface area (Å²) in [6.45, 7) is 28.6. The van der Waals surface area contributed by atoms with Crippen LogP contribution in [0.2, 0.25) is 57.9 Å². The Morgan fingerprint density at radius 2 is 0.908 bits per heavy atom. The minimum atomic E-state index is -2.70. The van der Waals surface area contributed by atoms with E-state index in [1.54, 1.807) is 49.8 Å². The molecular weight excluding hydrogens is 1190 g/mol. The number of benzene rings is 3. The van der Waals surface area contributed by atoms with Crippen molar-refractivity contribution in [2.75, 3.05) is 136 Å². The SMILES string of the molecule is C=CCc1ccc(OCCOC(CC)CC(CC(CC(C)OCCOc2ccc(CCC[Si](C)(C)O[Si](C)(C)O[Si](C)(C)C)cc2OC)OCCOCCOCCOCCOC)OCOc2ccc(CCC[Si](OC)(OC)OC)cc2OC)c(OC)c1. The Morgan fingerprint density at radius 3 is 1.41 bits per heavy atom. The Labute approximate surface area is 527 Å². The van der Waals surface area contributed by atoms with Crippen molar-refractivity contribution < 1.29 is 87.8 Å². The lowest BCUT2D eigenvalue weighted by Gasteiger charge is -2.37. The molecule has 3 aromatic rings. The van der Waals surface area contributed by atoms with Crippen LogP contribution in [0.3, 0.4) is 0 Å². The summed E-state index contributed by atoms with van der Waals surface area (Å²) in [5, 5.41) is 0. The van der Waals surface area contributed by atoms with Gasteiger partial charge in [0, 0.05) is 40.9 Å². The highest BCUT2D eigenvalue weighted by molar-refractivity contribution is 6.87. The molecule has 87 heavy (non-hydrogen) atoms. The second-order valence-electron chi connectivity index (χ2n) is 23.3.